The number of ether oxygens (including phenoxy) is 1. The van der Waals surface area contributed by atoms with Gasteiger partial charge in [0.1, 0.15) is 0 Å². The quantitative estimate of drug-likeness (QED) is 0.462. The number of alkyl halides is 6. The lowest BCUT2D eigenvalue weighted by atomic mass is 9.73. The molecule has 3 aliphatic rings. The van der Waals surface area contributed by atoms with Gasteiger partial charge in [-0.15, -0.1) is 0 Å². The molecule has 3 fully saturated rings. The van der Waals surface area contributed by atoms with E-state index in [0.717, 1.165) is 52.1 Å². The van der Waals surface area contributed by atoms with Crippen molar-refractivity contribution in [3.8, 4) is 0 Å². The molecule has 0 aromatic carbocycles. The lowest BCUT2D eigenvalue weighted by molar-refractivity contribution is -0.193. The summed E-state index contributed by atoms with van der Waals surface area (Å²) in [6.45, 7) is 8.24. The van der Waals surface area contributed by atoms with Gasteiger partial charge in [0.15, 0.2) is 0 Å². The summed E-state index contributed by atoms with van der Waals surface area (Å²) in [7, 11) is 1.95. The number of hydrogen-bond acceptors (Lipinski definition) is 8. The van der Waals surface area contributed by atoms with Crippen molar-refractivity contribution in [1.82, 2.24) is 24.5 Å². The molecule has 0 radical (unpaired) electrons. The Labute approximate surface area is 254 Å². The van der Waals surface area contributed by atoms with E-state index in [0.29, 0.717) is 38.1 Å². The van der Waals surface area contributed by atoms with Gasteiger partial charge >= 0.3 is 24.3 Å². The van der Waals surface area contributed by atoms with Gasteiger partial charge in [0.25, 0.3) is 0 Å². The molecule has 252 valence electrons. The van der Waals surface area contributed by atoms with E-state index in [2.05, 4.69) is 26.0 Å². The van der Waals surface area contributed by atoms with Crippen LogP contribution in [-0.4, -0.2) is 117 Å². The number of rotatable bonds is 5. The van der Waals surface area contributed by atoms with Crippen LogP contribution in [0, 0.1) is 11.3 Å². The summed E-state index contributed by atoms with van der Waals surface area (Å²) >= 11 is 0. The molecular weight excluding hydrogens is 620 g/mol. The van der Waals surface area contributed by atoms with Crippen molar-refractivity contribution >= 4 is 17.8 Å². The Hall–Kier alpha value is -3.64. The summed E-state index contributed by atoms with van der Waals surface area (Å²) in [5.41, 5.74) is 2.12. The van der Waals surface area contributed by atoms with Gasteiger partial charge in [0, 0.05) is 70.2 Å². The summed E-state index contributed by atoms with van der Waals surface area (Å²) in [4.78, 5) is 38.8. The van der Waals surface area contributed by atoms with E-state index in [1.54, 1.807) is 6.26 Å². The number of hydrogen-bond donors (Lipinski definition) is 2. The van der Waals surface area contributed by atoms with Crippen LogP contribution >= 0.6 is 0 Å². The summed E-state index contributed by atoms with van der Waals surface area (Å²) in [6.07, 6.45) is -0.568. The van der Waals surface area contributed by atoms with Gasteiger partial charge in [-0.2, -0.15) is 31.4 Å². The highest BCUT2D eigenvalue weighted by molar-refractivity contribution is 5.84. The minimum Gasteiger partial charge on any atom is -0.475 e. The van der Waals surface area contributed by atoms with Crippen molar-refractivity contribution in [2.45, 2.75) is 38.3 Å². The molecule has 0 aliphatic carbocycles. The number of morpholine rings is 1. The predicted octanol–water partition coefficient (Wildman–Crippen LogP) is 2.85. The fourth-order valence-electron chi connectivity index (χ4n) is 5.76. The fraction of sp³-hybridized carbons (Fsp3) is 0.630. The normalized spacial score (nSPS) is 22.7. The number of aryl methyl sites for hydroxylation is 1. The van der Waals surface area contributed by atoms with Gasteiger partial charge in [-0.3, -0.25) is 19.3 Å². The SMILES string of the molecule is Cn1cc(CN2C[C@@H]3CN(Cc4ccoc4)CCC[C@]3(C(=O)N3CCOCC3)C2)cn1.O=C(O)C(F)(F)F.O=C(O)C(F)(F)F. The first-order valence-electron chi connectivity index (χ1n) is 13.9. The van der Waals surface area contributed by atoms with E-state index < -0.39 is 24.3 Å². The zero-order valence-corrected chi connectivity index (χ0v) is 24.4. The Bertz CT molecular complexity index is 1240. The number of halogens is 6. The van der Waals surface area contributed by atoms with Gasteiger partial charge in [0.2, 0.25) is 5.91 Å². The Morgan fingerprint density at radius 2 is 1.53 bits per heavy atom. The number of carboxylic acids is 2. The molecule has 5 heterocycles. The molecule has 1 amide bonds. The first-order chi connectivity index (χ1) is 21.0. The fourth-order valence-corrected chi connectivity index (χ4v) is 5.76. The highest BCUT2D eigenvalue weighted by atomic mass is 19.4. The highest BCUT2D eigenvalue weighted by Crippen LogP contribution is 2.45. The average Bonchev–Trinajstić information content (AvgIpc) is 3.67. The Kier molecular flexibility index (Phi) is 12.0. The smallest absolute Gasteiger partial charge is 0.475 e. The van der Waals surface area contributed by atoms with Crippen LogP contribution in [0.15, 0.2) is 35.4 Å². The number of furan rings is 1. The molecule has 2 atom stereocenters. The maximum Gasteiger partial charge on any atom is 0.490 e. The van der Waals surface area contributed by atoms with E-state index in [9.17, 15) is 31.1 Å². The number of nitrogens with zero attached hydrogens (tertiary/aromatic N) is 5. The maximum absolute atomic E-state index is 13.9. The molecule has 45 heavy (non-hydrogen) atoms. The van der Waals surface area contributed by atoms with Crippen molar-refractivity contribution in [1.29, 1.82) is 0 Å². The summed E-state index contributed by atoms with van der Waals surface area (Å²) in [5, 5.41) is 18.6. The maximum atomic E-state index is 13.9. The Morgan fingerprint density at radius 1 is 0.956 bits per heavy atom. The Morgan fingerprint density at radius 3 is 2.04 bits per heavy atom. The van der Waals surface area contributed by atoms with Crippen LogP contribution in [-0.2, 0) is 39.3 Å². The van der Waals surface area contributed by atoms with Crippen molar-refractivity contribution in [2.24, 2.45) is 18.4 Å². The molecule has 0 saturated carbocycles. The summed E-state index contributed by atoms with van der Waals surface area (Å²) < 4.78 is 76.1. The van der Waals surface area contributed by atoms with Gasteiger partial charge in [-0.1, -0.05) is 0 Å². The third-order valence-corrected chi connectivity index (χ3v) is 7.70. The van der Waals surface area contributed by atoms with E-state index >= 15 is 0 Å². The molecule has 5 rings (SSSR count). The summed E-state index contributed by atoms with van der Waals surface area (Å²) in [6, 6.07) is 2.04. The zero-order chi connectivity index (χ0) is 33.4. The van der Waals surface area contributed by atoms with Crippen LogP contribution in [0.3, 0.4) is 0 Å². The van der Waals surface area contributed by atoms with Crippen molar-refractivity contribution in [3.05, 3.63) is 42.1 Å². The average molecular weight is 656 g/mol. The zero-order valence-electron chi connectivity index (χ0n) is 24.4. The summed E-state index contributed by atoms with van der Waals surface area (Å²) in [5.74, 6) is -4.84. The first-order valence-corrected chi connectivity index (χ1v) is 13.9. The van der Waals surface area contributed by atoms with E-state index in [1.807, 2.05) is 30.3 Å². The minimum absolute atomic E-state index is 0.301. The van der Waals surface area contributed by atoms with Crippen LogP contribution in [0.2, 0.25) is 0 Å². The second-order valence-electron chi connectivity index (χ2n) is 11.0. The second-order valence-corrected chi connectivity index (χ2v) is 11.0. The van der Waals surface area contributed by atoms with Crippen molar-refractivity contribution in [3.63, 3.8) is 0 Å². The molecule has 12 nitrogen and oxygen atoms in total. The largest absolute Gasteiger partial charge is 0.490 e. The third kappa shape index (κ3) is 10.2. The number of amides is 1. The third-order valence-electron chi connectivity index (χ3n) is 7.70. The number of carbonyl (C=O) groups is 3. The van der Waals surface area contributed by atoms with Gasteiger partial charge < -0.3 is 24.3 Å². The van der Waals surface area contributed by atoms with Gasteiger partial charge in [-0.25, -0.2) is 9.59 Å². The number of fused-ring (bicyclic) bond motifs is 1. The molecule has 3 aliphatic heterocycles. The molecule has 0 bridgehead atoms. The van der Waals surface area contributed by atoms with Gasteiger partial charge in [-0.05, 0) is 31.4 Å². The van der Waals surface area contributed by atoms with Crippen LogP contribution in [0.25, 0.3) is 0 Å². The second kappa shape index (κ2) is 15.1. The van der Waals surface area contributed by atoms with E-state index in [-0.39, 0.29) is 5.41 Å². The molecule has 2 N–H and O–H groups in total. The lowest BCUT2D eigenvalue weighted by Crippen LogP contribution is -2.52. The molecule has 2 aromatic heterocycles. The Balaban J connectivity index is 0.000000331. The number of carboxylic acid groups (broad SMARTS) is 2. The van der Waals surface area contributed by atoms with Crippen molar-refractivity contribution in [2.75, 3.05) is 52.5 Å². The van der Waals surface area contributed by atoms with Crippen LogP contribution in [0.4, 0.5) is 26.3 Å². The van der Waals surface area contributed by atoms with E-state index in [4.69, 9.17) is 29.0 Å². The van der Waals surface area contributed by atoms with Crippen molar-refractivity contribution < 1.29 is 60.1 Å². The topological polar surface area (TPSA) is 142 Å². The number of aromatic nitrogens is 2. The standard InChI is InChI=1S/C23H33N5O3.2C2HF3O2/c1-25-12-20(11-24-25)14-27-16-21-15-26(13-19-3-8-31-17-19)5-2-4-23(21,18-27)22(29)28-6-9-30-10-7-28;2*3-2(4,5)1(6)7/h3,8,11-12,17,21H,2,4-7,9-10,13-16,18H2,1H3;2*(H,6,7)/t21-,23-;;/m0../s1. The van der Waals surface area contributed by atoms with Crippen LogP contribution in [0.5, 0.6) is 0 Å². The van der Waals surface area contributed by atoms with Gasteiger partial charge in [0.05, 0.1) is 37.4 Å². The monoisotopic (exact) mass is 655 g/mol. The molecule has 0 unspecified atom stereocenters. The molecule has 0 spiro atoms. The number of carbonyl (C=O) groups excluding carboxylic acids is 1. The molecule has 18 heteroatoms. The highest BCUT2D eigenvalue weighted by Gasteiger charge is 2.54. The molecule has 2 aromatic rings. The predicted molar refractivity (Wildman–Crippen MR) is 142 cm³/mol. The van der Waals surface area contributed by atoms with Crippen LogP contribution < -0.4 is 0 Å². The molecule has 3 saturated heterocycles. The number of aliphatic carboxylic acids is 2. The lowest BCUT2D eigenvalue weighted by Gasteiger charge is -2.39. The minimum atomic E-state index is -5.08. The van der Waals surface area contributed by atoms with E-state index in [1.165, 1.54) is 11.1 Å². The number of likely N-dealkylation sites (tertiary alicyclic amines) is 2. The first kappa shape index (κ1) is 35.8. The van der Waals surface area contributed by atoms with Crippen LogP contribution in [0.1, 0.15) is 24.0 Å². The molecular formula is C27H35F6N5O7.